The minimum absolute atomic E-state index is 0.102. The van der Waals surface area contributed by atoms with E-state index in [4.69, 9.17) is 0 Å². The van der Waals surface area contributed by atoms with Crippen LogP contribution in [0.1, 0.15) is 17.5 Å². The number of pyridine rings is 1. The third-order valence-corrected chi connectivity index (χ3v) is 3.47. The van der Waals surface area contributed by atoms with E-state index >= 15 is 0 Å². The number of anilines is 1. The number of thiazole rings is 1. The average molecular weight is 326 g/mol. The van der Waals surface area contributed by atoms with Gasteiger partial charge in [-0.2, -0.15) is 0 Å². The maximum atomic E-state index is 11.4. The SMILES string of the molecule is CC(Br)C(=O)Nc1ccc(Cc2nccs2)cn1. The van der Waals surface area contributed by atoms with E-state index in [0.717, 1.165) is 17.0 Å². The van der Waals surface area contributed by atoms with Gasteiger partial charge in [-0.1, -0.05) is 22.0 Å². The topological polar surface area (TPSA) is 54.9 Å². The number of carbonyl (C=O) groups excluding carboxylic acids is 1. The fourth-order valence-electron chi connectivity index (χ4n) is 1.34. The van der Waals surface area contributed by atoms with Crippen LogP contribution in [-0.4, -0.2) is 20.7 Å². The summed E-state index contributed by atoms with van der Waals surface area (Å²) in [5.41, 5.74) is 1.08. The molecule has 18 heavy (non-hydrogen) atoms. The van der Waals surface area contributed by atoms with Crippen LogP contribution in [0.3, 0.4) is 0 Å². The zero-order valence-corrected chi connectivity index (χ0v) is 12.2. The zero-order chi connectivity index (χ0) is 13.0. The van der Waals surface area contributed by atoms with Crippen molar-refractivity contribution in [2.45, 2.75) is 18.2 Å². The molecular formula is C12H12BrN3OS. The summed E-state index contributed by atoms with van der Waals surface area (Å²) in [6.07, 6.45) is 4.32. The smallest absolute Gasteiger partial charge is 0.239 e. The molecule has 1 N–H and O–H groups in total. The van der Waals surface area contributed by atoms with Crippen molar-refractivity contribution in [3.8, 4) is 0 Å². The van der Waals surface area contributed by atoms with Gasteiger partial charge in [0.2, 0.25) is 5.91 Å². The van der Waals surface area contributed by atoms with E-state index < -0.39 is 0 Å². The van der Waals surface area contributed by atoms with Crippen molar-refractivity contribution in [1.82, 2.24) is 9.97 Å². The van der Waals surface area contributed by atoms with Gasteiger partial charge in [-0.3, -0.25) is 4.79 Å². The van der Waals surface area contributed by atoms with Crippen molar-refractivity contribution >= 4 is 39.0 Å². The standard InChI is InChI=1S/C12H12BrN3OS/c1-8(13)12(17)16-10-3-2-9(7-15-10)6-11-14-4-5-18-11/h2-5,7-8H,6H2,1H3,(H,15,16,17). The van der Waals surface area contributed by atoms with Crippen molar-refractivity contribution < 1.29 is 4.79 Å². The Kier molecular flexibility index (Phi) is 4.43. The van der Waals surface area contributed by atoms with E-state index in [2.05, 4.69) is 31.2 Å². The fraction of sp³-hybridized carbons (Fsp3) is 0.250. The largest absolute Gasteiger partial charge is 0.310 e. The molecule has 0 saturated heterocycles. The molecule has 0 aliphatic carbocycles. The molecule has 4 nitrogen and oxygen atoms in total. The Morgan fingerprint density at radius 2 is 2.33 bits per heavy atom. The van der Waals surface area contributed by atoms with Crippen LogP contribution < -0.4 is 5.32 Å². The van der Waals surface area contributed by atoms with Gasteiger partial charge in [0.25, 0.3) is 0 Å². The number of hydrogen-bond acceptors (Lipinski definition) is 4. The van der Waals surface area contributed by atoms with Gasteiger partial charge in [0.1, 0.15) is 5.82 Å². The molecule has 6 heteroatoms. The molecule has 0 aliphatic rings. The number of nitrogens with one attached hydrogen (secondary N) is 1. The van der Waals surface area contributed by atoms with Gasteiger partial charge >= 0.3 is 0 Å². The van der Waals surface area contributed by atoms with Crippen LogP contribution in [-0.2, 0) is 11.2 Å². The molecular weight excluding hydrogens is 314 g/mol. The Morgan fingerprint density at radius 1 is 1.50 bits per heavy atom. The molecule has 0 saturated carbocycles. The summed E-state index contributed by atoms with van der Waals surface area (Å²) >= 11 is 4.83. The molecule has 1 unspecified atom stereocenters. The lowest BCUT2D eigenvalue weighted by Gasteiger charge is -2.06. The van der Waals surface area contributed by atoms with Gasteiger partial charge in [-0.05, 0) is 18.6 Å². The number of nitrogens with zero attached hydrogens (tertiary/aromatic N) is 2. The molecule has 0 radical (unpaired) electrons. The first kappa shape index (κ1) is 13.2. The number of alkyl halides is 1. The molecule has 94 valence electrons. The first-order chi connectivity index (χ1) is 8.65. The molecule has 0 bridgehead atoms. The minimum Gasteiger partial charge on any atom is -0.310 e. The Balaban J connectivity index is 1.99. The monoisotopic (exact) mass is 325 g/mol. The molecule has 0 aliphatic heterocycles. The summed E-state index contributed by atoms with van der Waals surface area (Å²) in [7, 11) is 0. The number of carbonyl (C=O) groups is 1. The number of hydrogen-bond donors (Lipinski definition) is 1. The zero-order valence-electron chi connectivity index (χ0n) is 9.76. The molecule has 1 amide bonds. The number of aromatic nitrogens is 2. The normalized spacial score (nSPS) is 12.1. The molecule has 2 rings (SSSR count). The number of rotatable bonds is 4. The first-order valence-electron chi connectivity index (χ1n) is 5.43. The summed E-state index contributed by atoms with van der Waals surface area (Å²) in [4.78, 5) is 19.6. The predicted octanol–water partition coefficient (Wildman–Crippen LogP) is 2.85. The summed E-state index contributed by atoms with van der Waals surface area (Å²) in [6, 6.07) is 3.75. The average Bonchev–Trinajstić information content (AvgIpc) is 2.84. The van der Waals surface area contributed by atoms with Crippen molar-refractivity contribution in [2.24, 2.45) is 0 Å². The van der Waals surface area contributed by atoms with Gasteiger partial charge in [-0.25, -0.2) is 9.97 Å². The minimum atomic E-state index is -0.228. The molecule has 0 spiro atoms. The van der Waals surface area contributed by atoms with E-state index in [-0.39, 0.29) is 10.7 Å². The second-order valence-corrected chi connectivity index (χ2v) is 6.11. The van der Waals surface area contributed by atoms with Crippen LogP contribution in [0.5, 0.6) is 0 Å². The van der Waals surface area contributed by atoms with E-state index in [1.807, 2.05) is 11.4 Å². The van der Waals surface area contributed by atoms with Crippen molar-refractivity contribution in [3.05, 3.63) is 40.5 Å². The highest BCUT2D eigenvalue weighted by Crippen LogP contribution is 2.13. The highest BCUT2D eigenvalue weighted by Gasteiger charge is 2.09. The van der Waals surface area contributed by atoms with Gasteiger partial charge in [-0.15, -0.1) is 11.3 Å². The van der Waals surface area contributed by atoms with Crippen LogP contribution in [0.4, 0.5) is 5.82 Å². The second kappa shape index (κ2) is 6.06. The Morgan fingerprint density at radius 3 is 2.89 bits per heavy atom. The number of amides is 1. The summed E-state index contributed by atoms with van der Waals surface area (Å²) in [5, 5.41) is 5.73. The Hall–Kier alpha value is -1.27. The lowest BCUT2D eigenvalue weighted by molar-refractivity contribution is -0.115. The maximum Gasteiger partial charge on any atom is 0.239 e. The Bertz CT molecular complexity index is 511. The van der Waals surface area contributed by atoms with Gasteiger partial charge in [0.05, 0.1) is 9.83 Å². The fourth-order valence-corrected chi connectivity index (χ4v) is 2.11. The van der Waals surface area contributed by atoms with E-state index in [9.17, 15) is 4.79 Å². The molecule has 0 aromatic carbocycles. The van der Waals surface area contributed by atoms with Crippen molar-refractivity contribution in [2.75, 3.05) is 5.32 Å². The highest BCUT2D eigenvalue weighted by molar-refractivity contribution is 9.10. The Labute approximate surface area is 118 Å². The lowest BCUT2D eigenvalue weighted by Crippen LogP contribution is -2.20. The summed E-state index contributed by atoms with van der Waals surface area (Å²) in [6.45, 7) is 1.77. The quantitative estimate of drug-likeness (QED) is 0.879. The molecule has 2 heterocycles. The van der Waals surface area contributed by atoms with E-state index in [1.54, 1.807) is 36.7 Å². The van der Waals surface area contributed by atoms with E-state index in [0.29, 0.717) is 5.82 Å². The van der Waals surface area contributed by atoms with Crippen LogP contribution in [0, 0.1) is 0 Å². The van der Waals surface area contributed by atoms with E-state index in [1.165, 1.54) is 0 Å². The predicted molar refractivity (Wildman–Crippen MR) is 76.2 cm³/mol. The van der Waals surface area contributed by atoms with Crippen LogP contribution in [0.2, 0.25) is 0 Å². The molecule has 1 atom stereocenters. The maximum absolute atomic E-state index is 11.4. The van der Waals surface area contributed by atoms with Crippen LogP contribution >= 0.6 is 27.3 Å². The number of halogens is 1. The molecule has 2 aromatic heterocycles. The third kappa shape index (κ3) is 3.61. The summed E-state index contributed by atoms with van der Waals surface area (Å²) in [5.74, 6) is 0.462. The molecule has 0 fully saturated rings. The van der Waals surface area contributed by atoms with Crippen molar-refractivity contribution in [1.29, 1.82) is 0 Å². The third-order valence-electron chi connectivity index (χ3n) is 2.28. The van der Waals surface area contributed by atoms with Gasteiger partial charge < -0.3 is 5.32 Å². The van der Waals surface area contributed by atoms with Crippen LogP contribution in [0.15, 0.2) is 29.9 Å². The summed E-state index contributed by atoms with van der Waals surface area (Å²) < 4.78 is 0. The second-order valence-electron chi connectivity index (χ2n) is 3.76. The van der Waals surface area contributed by atoms with Crippen LogP contribution in [0.25, 0.3) is 0 Å². The lowest BCUT2D eigenvalue weighted by atomic mass is 10.2. The first-order valence-corrected chi connectivity index (χ1v) is 7.23. The van der Waals surface area contributed by atoms with Gasteiger partial charge in [0.15, 0.2) is 0 Å². The van der Waals surface area contributed by atoms with Gasteiger partial charge in [0, 0.05) is 24.2 Å². The highest BCUT2D eigenvalue weighted by atomic mass is 79.9. The van der Waals surface area contributed by atoms with Crippen molar-refractivity contribution in [3.63, 3.8) is 0 Å². The molecule has 2 aromatic rings.